The molecular weight excluding hydrogens is 449 g/mol. The van der Waals surface area contributed by atoms with Crippen LogP contribution in [0, 0.1) is 19.8 Å². The maximum absolute atomic E-state index is 13.1. The third kappa shape index (κ3) is 6.97. The molecule has 2 aromatic carbocycles. The minimum atomic E-state index is -0.798. The molecule has 0 aliphatic rings. The van der Waals surface area contributed by atoms with Crippen LogP contribution in [-0.2, 0) is 9.59 Å². The van der Waals surface area contributed by atoms with Crippen LogP contribution in [0.2, 0.25) is 10.0 Å². The Balaban J connectivity index is 2.09. The van der Waals surface area contributed by atoms with Crippen LogP contribution < -0.4 is 10.6 Å². The number of likely N-dealkylation sites (N-methyl/N-ethyl adjacent to an activating group) is 1. The van der Waals surface area contributed by atoms with Gasteiger partial charge in [-0.15, -0.1) is 0 Å². The summed E-state index contributed by atoms with van der Waals surface area (Å²) in [5.41, 5.74) is 2.97. The number of anilines is 1. The molecule has 0 bridgehead atoms. The molecule has 2 rings (SSSR count). The molecule has 0 spiro atoms. The molecule has 0 heterocycles. The van der Waals surface area contributed by atoms with E-state index in [1.165, 1.54) is 17.0 Å². The number of amides is 3. The van der Waals surface area contributed by atoms with E-state index in [-0.39, 0.29) is 34.9 Å². The van der Waals surface area contributed by atoms with Crippen LogP contribution >= 0.6 is 23.2 Å². The molecule has 0 saturated heterocycles. The quantitative estimate of drug-likeness (QED) is 0.569. The Labute approximate surface area is 199 Å². The van der Waals surface area contributed by atoms with Crippen molar-refractivity contribution in [2.75, 3.05) is 18.9 Å². The van der Waals surface area contributed by atoms with E-state index in [0.29, 0.717) is 17.1 Å². The molecule has 0 aromatic heterocycles. The van der Waals surface area contributed by atoms with E-state index >= 15 is 0 Å². The monoisotopic (exact) mass is 477 g/mol. The number of carbonyl (C=O) groups excluding carboxylic acids is 3. The number of aryl methyl sites for hydroxylation is 1. The van der Waals surface area contributed by atoms with Gasteiger partial charge in [0, 0.05) is 17.8 Å². The van der Waals surface area contributed by atoms with Gasteiger partial charge in [-0.1, -0.05) is 49.2 Å². The van der Waals surface area contributed by atoms with Crippen LogP contribution in [0.15, 0.2) is 36.4 Å². The van der Waals surface area contributed by atoms with Crippen LogP contribution in [0.4, 0.5) is 5.69 Å². The fourth-order valence-corrected chi connectivity index (χ4v) is 3.73. The van der Waals surface area contributed by atoms with Crippen molar-refractivity contribution in [2.45, 2.75) is 40.2 Å². The molecule has 2 N–H and O–H groups in total. The number of halogens is 2. The van der Waals surface area contributed by atoms with E-state index in [1.54, 1.807) is 13.1 Å². The van der Waals surface area contributed by atoms with Gasteiger partial charge in [0.15, 0.2) is 0 Å². The number of benzene rings is 2. The summed E-state index contributed by atoms with van der Waals surface area (Å²) in [4.78, 5) is 39.7. The van der Waals surface area contributed by atoms with Crippen molar-refractivity contribution in [1.29, 1.82) is 0 Å². The molecule has 0 aliphatic heterocycles. The predicted octanol–water partition coefficient (Wildman–Crippen LogP) is 4.85. The Morgan fingerprint density at radius 1 is 1.06 bits per heavy atom. The highest BCUT2D eigenvalue weighted by Crippen LogP contribution is 2.21. The van der Waals surface area contributed by atoms with Crippen molar-refractivity contribution in [1.82, 2.24) is 10.2 Å². The maximum Gasteiger partial charge on any atom is 0.253 e. The highest BCUT2D eigenvalue weighted by atomic mass is 35.5. The molecule has 1 unspecified atom stereocenters. The molecule has 32 heavy (non-hydrogen) atoms. The summed E-state index contributed by atoms with van der Waals surface area (Å²) < 4.78 is 0. The molecule has 3 amide bonds. The van der Waals surface area contributed by atoms with Crippen LogP contribution in [0.25, 0.3) is 0 Å². The van der Waals surface area contributed by atoms with Crippen molar-refractivity contribution < 1.29 is 14.4 Å². The number of rotatable bonds is 8. The molecule has 172 valence electrons. The third-order valence-corrected chi connectivity index (χ3v) is 5.67. The molecule has 8 heteroatoms. The molecule has 0 saturated carbocycles. The molecule has 0 aliphatic carbocycles. The van der Waals surface area contributed by atoms with Gasteiger partial charge < -0.3 is 15.5 Å². The fraction of sp³-hybridized carbons (Fsp3) is 0.375. The minimum absolute atomic E-state index is 0.140. The number of hydrogen-bond donors (Lipinski definition) is 2. The van der Waals surface area contributed by atoms with Crippen molar-refractivity contribution >= 4 is 46.6 Å². The van der Waals surface area contributed by atoms with Crippen molar-refractivity contribution in [3.05, 3.63) is 63.1 Å². The number of hydrogen-bond acceptors (Lipinski definition) is 3. The van der Waals surface area contributed by atoms with Crippen LogP contribution in [0.5, 0.6) is 0 Å². The molecule has 2 aromatic rings. The first-order valence-corrected chi connectivity index (χ1v) is 11.1. The smallest absolute Gasteiger partial charge is 0.253 e. The Morgan fingerprint density at radius 3 is 2.38 bits per heavy atom. The summed E-state index contributed by atoms with van der Waals surface area (Å²) in [7, 11) is 1.54. The molecule has 0 fully saturated rings. The van der Waals surface area contributed by atoms with Gasteiger partial charge in [-0.3, -0.25) is 14.4 Å². The second-order valence-corrected chi connectivity index (χ2v) is 9.11. The van der Waals surface area contributed by atoms with Gasteiger partial charge in [0.25, 0.3) is 5.91 Å². The molecule has 1 atom stereocenters. The van der Waals surface area contributed by atoms with Gasteiger partial charge in [0.05, 0.1) is 17.1 Å². The lowest BCUT2D eigenvalue weighted by atomic mass is 10.0. The second kappa shape index (κ2) is 11.3. The van der Waals surface area contributed by atoms with E-state index in [2.05, 4.69) is 10.6 Å². The number of carbonyl (C=O) groups is 3. The SMILES string of the molecule is Cc1cccc(NC(=O)CN(C)C(=O)C(CC(C)C)NC(=O)c2ccc(Cl)cc2Cl)c1C. The maximum atomic E-state index is 13.1. The lowest BCUT2D eigenvalue weighted by Gasteiger charge is -2.26. The zero-order valence-electron chi connectivity index (χ0n) is 19.0. The van der Waals surface area contributed by atoms with E-state index in [4.69, 9.17) is 23.2 Å². The Kier molecular flexibility index (Phi) is 9.10. The van der Waals surface area contributed by atoms with Gasteiger partial charge >= 0.3 is 0 Å². The lowest BCUT2D eigenvalue weighted by molar-refractivity contribution is -0.135. The van der Waals surface area contributed by atoms with Gasteiger partial charge in [0.1, 0.15) is 6.04 Å². The third-order valence-electron chi connectivity index (χ3n) is 5.12. The largest absolute Gasteiger partial charge is 0.340 e. The zero-order valence-corrected chi connectivity index (χ0v) is 20.5. The number of nitrogens with zero attached hydrogens (tertiary/aromatic N) is 1. The molecule has 0 radical (unpaired) electrons. The van der Waals surface area contributed by atoms with Crippen molar-refractivity contribution in [2.24, 2.45) is 5.92 Å². The van der Waals surface area contributed by atoms with Crippen LogP contribution in [0.3, 0.4) is 0 Å². The topological polar surface area (TPSA) is 78.5 Å². The van der Waals surface area contributed by atoms with Gasteiger partial charge in [-0.25, -0.2) is 0 Å². The van der Waals surface area contributed by atoms with Gasteiger partial charge in [-0.2, -0.15) is 0 Å². The Morgan fingerprint density at radius 2 is 1.75 bits per heavy atom. The summed E-state index contributed by atoms with van der Waals surface area (Å²) in [6.45, 7) is 7.66. The van der Waals surface area contributed by atoms with Crippen molar-refractivity contribution in [3.63, 3.8) is 0 Å². The number of nitrogens with one attached hydrogen (secondary N) is 2. The molecule has 6 nitrogen and oxygen atoms in total. The van der Waals surface area contributed by atoms with Crippen LogP contribution in [-0.4, -0.2) is 42.3 Å². The zero-order chi connectivity index (χ0) is 24.0. The van der Waals surface area contributed by atoms with Gasteiger partial charge in [0.2, 0.25) is 11.8 Å². The predicted molar refractivity (Wildman–Crippen MR) is 129 cm³/mol. The highest BCUT2D eigenvalue weighted by molar-refractivity contribution is 6.36. The lowest BCUT2D eigenvalue weighted by Crippen LogP contribution is -2.49. The van der Waals surface area contributed by atoms with E-state index in [9.17, 15) is 14.4 Å². The molecular formula is C24H29Cl2N3O3. The van der Waals surface area contributed by atoms with E-state index in [0.717, 1.165) is 11.1 Å². The fourth-order valence-electron chi connectivity index (χ4n) is 3.24. The first-order valence-electron chi connectivity index (χ1n) is 10.4. The van der Waals surface area contributed by atoms with Crippen molar-refractivity contribution in [3.8, 4) is 0 Å². The van der Waals surface area contributed by atoms with E-state index in [1.807, 2.05) is 45.9 Å². The standard InChI is InChI=1S/C24H29Cl2N3O3/c1-14(2)11-21(28-23(31)18-10-9-17(25)12-19(18)26)24(32)29(5)13-22(30)27-20-8-6-7-15(3)16(20)4/h6-10,12,14,21H,11,13H2,1-5H3,(H,27,30)(H,28,31). The first kappa shape index (κ1) is 25.7. The highest BCUT2D eigenvalue weighted by Gasteiger charge is 2.27. The Hall–Kier alpha value is -2.57. The summed E-state index contributed by atoms with van der Waals surface area (Å²) in [5, 5.41) is 6.22. The second-order valence-electron chi connectivity index (χ2n) is 8.27. The summed E-state index contributed by atoms with van der Waals surface area (Å²) in [5.74, 6) is -1.00. The summed E-state index contributed by atoms with van der Waals surface area (Å²) in [6, 6.07) is 9.40. The summed E-state index contributed by atoms with van der Waals surface area (Å²) >= 11 is 12.0. The normalized spacial score (nSPS) is 11.8. The first-order chi connectivity index (χ1) is 15.0. The van der Waals surface area contributed by atoms with Crippen LogP contribution in [0.1, 0.15) is 41.8 Å². The minimum Gasteiger partial charge on any atom is -0.340 e. The summed E-state index contributed by atoms with van der Waals surface area (Å²) in [6.07, 6.45) is 0.415. The average molecular weight is 478 g/mol. The van der Waals surface area contributed by atoms with Gasteiger partial charge in [-0.05, 0) is 61.6 Å². The van der Waals surface area contributed by atoms with E-state index < -0.39 is 11.9 Å². The Bertz CT molecular complexity index is 1010. The average Bonchev–Trinajstić information content (AvgIpc) is 2.69.